The first-order valence-corrected chi connectivity index (χ1v) is 4.72. The summed E-state index contributed by atoms with van der Waals surface area (Å²) in [6, 6.07) is 0. The monoisotopic (exact) mass is 316 g/mol. The van der Waals surface area contributed by atoms with E-state index in [0.717, 1.165) is 4.68 Å². The summed E-state index contributed by atoms with van der Waals surface area (Å²) in [5.41, 5.74) is 0.203. The van der Waals surface area contributed by atoms with E-state index in [1.807, 2.05) is 0 Å². The Morgan fingerprint density at radius 3 is 2.93 bits per heavy atom. The first kappa shape index (κ1) is 11.3. The van der Waals surface area contributed by atoms with Crippen LogP contribution in [0.3, 0.4) is 0 Å². The molecule has 4 nitrogen and oxygen atoms in total. The molecule has 1 aromatic heterocycles. The fourth-order valence-electron chi connectivity index (χ4n) is 0.875. The maximum absolute atomic E-state index is 12.0. The van der Waals surface area contributed by atoms with Crippen molar-refractivity contribution in [2.75, 3.05) is 7.11 Å². The van der Waals surface area contributed by atoms with Gasteiger partial charge in [-0.3, -0.25) is 4.68 Å². The predicted octanol–water partition coefficient (Wildman–Crippen LogP) is 1.54. The van der Waals surface area contributed by atoms with E-state index in [1.54, 1.807) is 22.6 Å². The second-order valence-electron chi connectivity index (χ2n) is 2.41. The third kappa shape index (κ3) is 2.40. The lowest BCUT2D eigenvalue weighted by Crippen LogP contribution is -2.11. The van der Waals surface area contributed by atoms with E-state index in [-0.39, 0.29) is 5.56 Å². The van der Waals surface area contributed by atoms with Crippen molar-refractivity contribution in [2.24, 2.45) is 0 Å². The van der Waals surface area contributed by atoms with Gasteiger partial charge in [0.25, 0.3) is 6.43 Å². The number of carbonyl (C=O) groups excluding carboxylic acids is 1. The Balaban J connectivity index is 2.90. The van der Waals surface area contributed by atoms with E-state index in [1.165, 1.54) is 13.3 Å². The molecule has 0 aliphatic carbocycles. The zero-order chi connectivity index (χ0) is 10.7. The summed E-state index contributed by atoms with van der Waals surface area (Å²) in [5.74, 6) is -0.574. The first-order chi connectivity index (χ1) is 6.56. The lowest BCUT2D eigenvalue weighted by atomic mass is 10.4. The van der Waals surface area contributed by atoms with Crippen LogP contribution in [0.5, 0.6) is 0 Å². The Kier molecular flexibility index (Phi) is 3.78. The van der Waals surface area contributed by atoms with Gasteiger partial charge in [0, 0.05) is 0 Å². The Labute approximate surface area is 92.4 Å². The quantitative estimate of drug-likeness (QED) is 0.628. The molecule has 0 N–H and O–H groups in total. The Morgan fingerprint density at radius 2 is 2.43 bits per heavy atom. The second-order valence-corrected chi connectivity index (χ2v) is 3.44. The van der Waals surface area contributed by atoms with Crippen LogP contribution in [0.4, 0.5) is 8.78 Å². The molecule has 0 radical (unpaired) electrons. The van der Waals surface area contributed by atoms with Crippen molar-refractivity contribution >= 4 is 28.6 Å². The van der Waals surface area contributed by atoms with Crippen molar-refractivity contribution in [3.63, 3.8) is 0 Å². The summed E-state index contributed by atoms with van der Waals surface area (Å²) >= 11 is 1.77. The predicted molar refractivity (Wildman–Crippen MR) is 52.3 cm³/mol. The molecular formula is C7H7F2IN2O2. The molecule has 0 aromatic carbocycles. The number of esters is 1. The van der Waals surface area contributed by atoms with Crippen molar-refractivity contribution in [3.05, 3.63) is 15.5 Å². The molecule has 1 rings (SSSR count). The zero-order valence-electron chi connectivity index (χ0n) is 7.21. The number of hydrogen-bond donors (Lipinski definition) is 0. The topological polar surface area (TPSA) is 44.1 Å². The van der Waals surface area contributed by atoms with Crippen LogP contribution >= 0.6 is 22.6 Å². The van der Waals surface area contributed by atoms with Crippen LogP contribution in [-0.4, -0.2) is 29.3 Å². The molecular weight excluding hydrogens is 309 g/mol. The molecule has 1 aromatic rings. The van der Waals surface area contributed by atoms with E-state index in [2.05, 4.69) is 9.84 Å². The van der Waals surface area contributed by atoms with Gasteiger partial charge in [-0.2, -0.15) is 5.10 Å². The molecule has 0 atom stereocenters. The highest BCUT2D eigenvalue weighted by atomic mass is 127. The molecule has 0 saturated carbocycles. The summed E-state index contributed by atoms with van der Waals surface area (Å²) in [4.78, 5) is 11.1. The highest BCUT2D eigenvalue weighted by Crippen LogP contribution is 2.13. The molecule has 0 amide bonds. The Hall–Kier alpha value is -0.730. The van der Waals surface area contributed by atoms with Gasteiger partial charge in [0.1, 0.15) is 15.8 Å². The third-order valence-electron chi connectivity index (χ3n) is 1.49. The summed E-state index contributed by atoms with van der Waals surface area (Å²) < 4.78 is 29.9. The van der Waals surface area contributed by atoms with Crippen molar-refractivity contribution in [3.8, 4) is 0 Å². The lowest BCUT2D eigenvalue weighted by molar-refractivity contribution is 0.0598. The van der Waals surface area contributed by atoms with Crippen LogP contribution < -0.4 is 0 Å². The number of nitrogens with zero attached hydrogens (tertiary/aromatic N) is 2. The number of hydrogen-bond acceptors (Lipinski definition) is 3. The molecule has 7 heteroatoms. The molecule has 0 bridgehead atoms. The molecule has 1 heterocycles. The van der Waals surface area contributed by atoms with Crippen LogP contribution in [-0.2, 0) is 11.3 Å². The first-order valence-electron chi connectivity index (χ1n) is 3.64. The highest BCUT2D eigenvalue weighted by Gasteiger charge is 2.17. The highest BCUT2D eigenvalue weighted by molar-refractivity contribution is 14.1. The van der Waals surface area contributed by atoms with Gasteiger partial charge in [-0.1, -0.05) is 0 Å². The molecule has 0 unspecified atom stereocenters. The molecule has 0 aliphatic rings. The van der Waals surface area contributed by atoms with Gasteiger partial charge in [-0.25, -0.2) is 13.6 Å². The minimum absolute atomic E-state index is 0.203. The van der Waals surface area contributed by atoms with E-state index >= 15 is 0 Å². The summed E-state index contributed by atoms with van der Waals surface area (Å²) in [6.45, 7) is -0.519. The number of alkyl halides is 2. The van der Waals surface area contributed by atoms with Crippen molar-refractivity contribution in [2.45, 2.75) is 13.0 Å². The van der Waals surface area contributed by atoms with Crippen LogP contribution in [0, 0.1) is 3.70 Å². The normalized spacial score (nSPS) is 10.6. The fraction of sp³-hybridized carbons (Fsp3) is 0.429. The van der Waals surface area contributed by atoms with Crippen LogP contribution in [0.15, 0.2) is 6.20 Å². The maximum Gasteiger partial charge on any atom is 0.342 e. The maximum atomic E-state index is 12.0. The van der Waals surface area contributed by atoms with E-state index in [4.69, 9.17) is 0 Å². The summed E-state index contributed by atoms with van der Waals surface area (Å²) in [6.07, 6.45) is -1.27. The molecule has 0 spiro atoms. The smallest absolute Gasteiger partial charge is 0.342 e. The van der Waals surface area contributed by atoms with Gasteiger partial charge < -0.3 is 4.74 Å². The molecule has 14 heavy (non-hydrogen) atoms. The van der Waals surface area contributed by atoms with Crippen LogP contribution in [0.1, 0.15) is 10.4 Å². The summed E-state index contributed by atoms with van der Waals surface area (Å²) in [5, 5.41) is 3.65. The van der Waals surface area contributed by atoms with Gasteiger partial charge in [0.15, 0.2) is 0 Å². The zero-order valence-corrected chi connectivity index (χ0v) is 9.36. The van der Waals surface area contributed by atoms with Crippen molar-refractivity contribution in [1.29, 1.82) is 0 Å². The number of carbonyl (C=O) groups is 1. The van der Waals surface area contributed by atoms with Crippen molar-refractivity contribution in [1.82, 2.24) is 9.78 Å². The van der Waals surface area contributed by atoms with E-state index in [9.17, 15) is 13.6 Å². The number of halogens is 3. The Bertz CT molecular complexity index is 340. The molecule has 0 saturated heterocycles. The SMILES string of the molecule is COC(=O)c1cnn(CC(F)F)c1I. The van der Waals surface area contributed by atoms with Gasteiger partial charge >= 0.3 is 5.97 Å². The summed E-state index contributed by atoms with van der Waals surface area (Å²) in [7, 11) is 1.23. The van der Waals surface area contributed by atoms with E-state index in [0.29, 0.717) is 3.70 Å². The average Bonchev–Trinajstić information content (AvgIpc) is 2.46. The minimum atomic E-state index is -2.49. The van der Waals surface area contributed by atoms with Gasteiger partial charge in [0.05, 0.1) is 13.3 Å². The van der Waals surface area contributed by atoms with Gasteiger partial charge in [-0.15, -0.1) is 0 Å². The van der Waals surface area contributed by atoms with Crippen LogP contribution in [0.2, 0.25) is 0 Å². The lowest BCUT2D eigenvalue weighted by Gasteiger charge is -2.02. The molecule has 78 valence electrons. The number of rotatable bonds is 3. The number of methoxy groups -OCH3 is 1. The van der Waals surface area contributed by atoms with Crippen LogP contribution in [0.25, 0.3) is 0 Å². The van der Waals surface area contributed by atoms with Crippen molar-refractivity contribution < 1.29 is 18.3 Å². The largest absolute Gasteiger partial charge is 0.465 e. The average molecular weight is 316 g/mol. The third-order valence-corrected chi connectivity index (χ3v) is 2.63. The Morgan fingerprint density at radius 1 is 1.79 bits per heavy atom. The standard InChI is InChI=1S/C7H7F2IN2O2/c1-14-7(13)4-2-11-12(6(4)10)3-5(8)9/h2,5H,3H2,1H3. The second kappa shape index (κ2) is 4.67. The molecule has 0 fully saturated rings. The minimum Gasteiger partial charge on any atom is -0.465 e. The van der Waals surface area contributed by atoms with Gasteiger partial charge in [0.2, 0.25) is 0 Å². The van der Waals surface area contributed by atoms with Gasteiger partial charge in [-0.05, 0) is 22.6 Å². The molecule has 0 aliphatic heterocycles. The number of aromatic nitrogens is 2. The number of ether oxygens (including phenoxy) is 1. The van der Waals surface area contributed by atoms with E-state index < -0.39 is 18.9 Å². The fourth-order valence-corrected chi connectivity index (χ4v) is 1.56.